The number of rotatable bonds is 1. The molecule has 0 amide bonds. The van der Waals surface area contributed by atoms with Crippen LogP contribution in [-0.4, -0.2) is 14.5 Å². The van der Waals surface area contributed by atoms with Gasteiger partial charge in [0.1, 0.15) is 6.33 Å². The number of pyridine rings is 1. The number of nitrogens with zero attached hydrogens (tertiary/aromatic N) is 3. The second kappa shape index (κ2) is 3.14. The molecular formula is C8H5ClFN3. The van der Waals surface area contributed by atoms with E-state index in [-0.39, 0.29) is 10.8 Å². The first-order chi connectivity index (χ1) is 6.27. The summed E-state index contributed by atoms with van der Waals surface area (Å²) in [5.41, 5.74) is 0. The van der Waals surface area contributed by atoms with Crippen LogP contribution in [0.25, 0.3) is 5.82 Å². The van der Waals surface area contributed by atoms with Gasteiger partial charge < -0.3 is 0 Å². The Morgan fingerprint density at radius 1 is 1.46 bits per heavy atom. The second-order valence-electron chi connectivity index (χ2n) is 2.43. The Morgan fingerprint density at radius 3 is 2.92 bits per heavy atom. The van der Waals surface area contributed by atoms with E-state index in [0.717, 1.165) is 0 Å². The molecule has 0 radical (unpaired) electrons. The molecule has 3 nitrogen and oxygen atoms in total. The lowest BCUT2D eigenvalue weighted by molar-refractivity contribution is 0.609. The Morgan fingerprint density at radius 2 is 2.31 bits per heavy atom. The molecular weight excluding hydrogens is 193 g/mol. The van der Waals surface area contributed by atoms with Crippen molar-refractivity contribution in [3.8, 4) is 5.82 Å². The van der Waals surface area contributed by atoms with Gasteiger partial charge in [0.2, 0.25) is 0 Å². The minimum Gasteiger partial charge on any atom is -0.288 e. The van der Waals surface area contributed by atoms with Crippen LogP contribution in [0.5, 0.6) is 0 Å². The number of hydrogen-bond donors (Lipinski definition) is 0. The van der Waals surface area contributed by atoms with Crippen LogP contribution < -0.4 is 0 Å². The maximum atomic E-state index is 13.2. The summed E-state index contributed by atoms with van der Waals surface area (Å²) in [6.45, 7) is 0. The molecule has 0 unspecified atom stereocenters. The quantitative estimate of drug-likeness (QED) is 0.701. The summed E-state index contributed by atoms with van der Waals surface area (Å²) in [5, 5.41) is 0.279. The fourth-order valence-corrected chi connectivity index (χ4v) is 1.13. The van der Waals surface area contributed by atoms with Crippen LogP contribution in [0.2, 0.25) is 5.02 Å². The minimum absolute atomic E-state index is 0.196. The first-order valence-electron chi connectivity index (χ1n) is 3.57. The van der Waals surface area contributed by atoms with E-state index >= 15 is 0 Å². The molecule has 0 bridgehead atoms. The molecule has 0 fully saturated rings. The number of halogens is 2. The van der Waals surface area contributed by atoms with Gasteiger partial charge in [0.05, 0.1) is 5.02 Å². The van der Waals surface area contributed by atoms with Gasteiger partial charge in [0.15, 0.2) is 11.6 Å². The summed E-state index contributed by atoms with van der Waals surface area (Å²) < 4.78 is 14.7. The first kappa shape index (κ1) is 8.19. The Hall–Kier alpha value is -1.42. The Kier molecular flexibility index (Phi) is 1.98. The van der Waals surface area contributed by atoms with E-state index in [1.165, 1.54) is 23.2 Å². The highest BCUT2D eigenvalue weighted by Crippen LogP contribution is 2.14. The van der Waals surface area contributed by atoms with Crippen LogP contribution in [0.1, 0.15) is 0 Å². The summed E-state index contributed by atoms with van der Waals surface area (Å²) in [5.74, 6) is -0.271. The molecule has 0 spiro atoms. The number of imidazole rings is 1. The summed E-state index contributed by atoms with van der Waals surface area (Å²) in [6, 6.07) is 1.21. The Bertz CT molecular complexity index is 413. The Balaban J connectivity index is 2.53. The predicted octanol–water partition coefficient (Wildman–Crippen LogP) is 2.06. The first-order valence-corrected chi connectivity index (χ1v) is 3.94. The molecule has 0 aliphatic rings. The highest BCUT2D eigenvalue weighted by molar-refractivity contribution is 6.30. The number of hydrogen-bond acceptors (Lipinski definition) is 2. The lowest BCUT2D eigenvalue weighted by Gasteiger charge is -2.01. The molecule has 66 valence electrons. The van der Waals surface area contributed by atoms with Crippen LogP contribution >= 0.6 is 11.6 Å². The van der Waals surface area contributed by atoms with Crippen molar-refractivity contribution >= 4 is 11.6 Å². The fraction of sp³-hybridized carbons (Fsp3) is 0. The van der Waals surface area contributed by atoms with Crippen LogP contribution in [0, 0.1) is 5.82 Å². The molecule has 2 aromatic heterocycles. The number of aromatic nitrogens is 3. The van der Waals surface area contributed by atoms with E-state index < -0.39 is 5.82 Å². The SMILES string of the molecule is Fc1cc(Cl)cnc1-n1ccnc1. The zero-order valence-corrected chi connectivity index (χ0v) is 7.24. The van der Waals surface area contributed by atoms with Crippen molar-refractivity contribution in [3.05, 3.63) is 41.8 Å². The molecule has 0 atom stereocenters. The van der Waals surface area contributed by atoms with Crippen molar-refractivity contribution < 1.29 is 4.39 Å². The zero-order valence-electron chi connectivity index (χ0n) is 6.48. The van der Waals surface area contributed by atoms with Crippen LogP contribution in [0.3, 0.4) is 0 Å². The van der Waals surface area contributed by atoms with Crippen molar-refractivity contribution in [1.82, 2.24) is 14.5 Å². The highest BCUT2D eigenvalue weighted by Gasteiger charge is 2.05. The van der Waals surface area contributed by atoms with Crippen LogP contribution in [-0.2, 0) is 0 Å². The van der Waals surface area contributed by atoms with Crippen molar-refractivity contribution in [2.75, 3.05) is 0 Å². The van der Waals surface area contributed by atoms with Crippen molar-refractivity contribution in [3.63, 3.8) is 0 Å². The van der Waals surface area contributed by atoms with E-state index in [0.29, 0.717) is 0 Å². The summed E-state index contributed by atoms with van der Waals surface area (Å²) in [7, 11) is 0. The van der Waals surface area contributed by atoms with Gasteiger partial charge in [-0.15, -0.1) is 0 Å². The molecule has 0 saturated carbocycles. The monoisotopic (exact) mass is 197 g/mol. The van der Waals surface area contributed by atoms with Crippen molar-refractivity contribution in [2.24, 2.45) is 0 Å². The molecule has 13 heavy (non-hydrogen) atoms. The molecule has 2 heterocycles. The topological polar surface area (TPSA) is 30.7 Å². The third kappa shape index (κ3) is 1.53. The van der Waals surface area contributed by atoms with Gasteiger partial charge in [-0.05, 0) is 6.07 Å². The van der Waals surface area contributed by atoms with E-state index in [1.54, 1.807) is 12.4 Å². The fourth-order valence-electron chi connectivity index (χ4n) is 0.982. The van der Waals surface area contributed by atoms with Gasteiger partial charge in [-0.1, -0.05) is 11.6 Å². The van der Waals surface area contributed by atoms with Crippen molar-refractivity contribution in [1.29, 1.82) is 0 Å². The lowest BCUT2D eigenvalue weighted by Crippen LogP contribution is -1.97. The van der Waals surface area contributed by atoms with Gasteiger partial charge >= 0.3 is 0 Å². The van der Waals surface area contributed by atoms with Gasteiger partial charge in [0.25, 0.3) is 0 Å². The molecule has 0 N–H and O–H groups in total. The summed E-state index contributed by atoms with van der Waals surface area (Å²) >= 11 is 5.55. The average molecular weight is 198 g/mol. The average Bonchev–Trinajstić information content (AvgIpc) is 2.56. The van der Waals surface area contributed by atoms with E-state index in [4.69, 9.17) is 11.6 Å². The third-order valence-corrected chi connectivity index (χ3v) is 1.74. The van der Waals surface area contributed by atoms with Gasteiger partial charge in [-0.2, -0.15) is 0 Å². The minimum atomic E-state index is -0.467. The highest BCUT2D eigenvalue weighted by atomic mass is 35.5. The molecule has 0 aliphatic carbocycles. The third-order valence-electron chi connectivity index (χ3n) is 1.54. The summed E-state index contributed by atoms with van der Waals surface area (Å²) in [6.07, 6.45) is 6.02. The summed E-state index contributed by atoms with van der Waals surface area (Å²) in [4.78, 5) is 7.62. The van der Waals surface area contributed by atoms with Gasteiger partial charge in [-0.3, -0.25) is 4.57 Å². The van der Waals surface area contributed by atoms with Gasteiger partial charge in [0, 0.05) is 18.6 Å². The smallest absolute Gasteiger partial charge is 0.174 e. The van der Waals surface area contributed by atoms with Crippen LogP contribution in [0.4, 0.5) is 4.39 Å². The van der Waals surface area contributed by atoms with E-state index in [9.17, 15) is 4.39 Å². The molecule has 2 rings (SSSR count). The molecule has 2 aromatic rings. The van der Waals surface area contributed by atoms with Crippen LogP contribution in [0.15, 0.2) is 31.0 Å². The van der Waals surface area contributed by atoms with Crippen molar-refractivity contribution in [2.45, 2.75) is 0 Å². The van der Waals surface area contributed by atoms with E-state index in [2.05, 4.69) is 9.97 Å². The standard InChI is InChI=1S/C8H5ClFN3/c9-6-3-7(10)8(12-4-6)13-2-1-11-5-13/h1-5H. The van der Waals surface area contributed by atoms with E-state index in [1.807, 2.05) is 0 Å². The Labute approximate surface area is 78.8 Å². The molecule has 0 saturated heterocycles. The maximum absolute atomic E-state index is 13.2. The largest absolute Gasteiger partial charge is 0.288 e. The normalized spacial score (nSPS) is 10.3. The maximum Gasteiger partial charge on any atom is 0.174 e. The second-order valence-corrected chi connectivity index (χ2v) is 2.87. The molecule has 0 aliphatic heterocycles. The van der Waals surface area contributed by atoms with Gasteiger partial charge in [-0.25, -0.2) is 14.4 Å². The zero-order chi connectivity index (χ0) is 9.26. The molecule has 0 aromatic carbocycles. The lowest BCUT2D eigenvalue weighted by atomic mass is 10.4. The molecule has 5 heteroatoms. The predicted molar refractivity (Wildman–Crippen MR) is 46.3 cm³/mol.